The van der Waals surface area contributed by atoms with Gasteiger partial charge < -0.3 is 15.4 Å². The average molecular weight is 395 g/mol. The summed E-state index contributed by atoms with van der Waals surface area (Å²) in [6, 6.07) is 15.5. The quantitative estimate of drug-likeness (QED) is 0.798. The molecule has 1 amide bonds. The van der Waals surface area contributed by atoms with Crippen LogP contribution in [0.5, 0.6) is 5.75 Å². The van der Waals surface area contributed by atoms with Crippen LogP contribution in [0, 0.1) is 0 Å². The van der Waals surface area contributed by atoms with E-state index in [1.54, 1.807) is 6.07 Å². The van der Waals surface area contributed by atoms with Crippen LogP contribution >= 0.6 is 24.0 Å². The van der Waals surface area contributed by atoms with Crippen molar-refractivity contribution in [2.24, 2.45) is 0 Å². The van der Waals surface area contributed by atoms with E-state index < -0.39 is 0 Å². The zero-order chi connectivity index (χ0) is 17.6. The smallest absolute Gasteiger partial charge is 0.255 e. The maximum atomic E-state index is 12.7. The van der Waals surface area contributed by atoms with Crippen LogP contribution in [0.25, 0.3) is 0 Å². The standard InChI is InChI=1S/C20H23ClN2O2.ClH/c1-14-12-16(10-11-22-14)23-20(24)17-7-3-5-9-19(17)25-13-15-6-2-4-8-18(15)21;/h2-9,14,16,22H,10-13H2,1H3,(H,23,24);1H. The Kier molecular flexibility index (Phi) is 7.76. The summed E-state index contributed by atoms with van der Waals surface area (Å²) in [4.78, 5) is 12.7. The van der Waals surface area contributed by atoms with E-state index in [0.29, 0.717) is 29.0 Å². The minimum Gasteiger partial charge on any atom is -0.488 e. The number of piperidine rings is 1. The molecule has 1 saturated heterocycles. The van der Waals surface area contributed by atoms with Crippen molar-refractivity contribution in [2.75, 3.05) is 6.54 Å². The Morgan fingerprint density at radius 1 is 1.23 bits per heavy atom. The fourth-order valence-electron chi connectivity index (χ4n) is 3.08. The van der Waals surface area contributed by atoms with Gasteiger partial charge in [0.1, 0.15) is 12.4 Å². The monoisotopic (exact) mass is 394 g/mol. The first kappa shape index (κ1) is 20.6. The average Bonchev–Trinajstić information content (AvgIpc) is 2.61. The highest BCUT2D eigenvalue weighted by Gasteiger charge is 2.22. The van der Waals surface area contributed by atoms with Crippen LogP contribution in [0.3, 0.4) is 0 Å². The van der Waals surface area contributed by atoms with Gasteiger partial charge in [0, 0.05) is 22.7 Å². The molecule has 26 heavy (non-hydrogen) atoms. The number of para-hydroxylation sites is 1. The van der Waals surface area contributed by atoms with Crippen molar-refractivity contribution in [3.8, 4) is 5.75 Å². The molecule has 2 aromatic rings. The number of benzene rings is 2. The number of halogens is 2. The van der Waals surface area contributed by atoms with Gasteiger partial charge in [0.05, 0.1) is 5.56 Å². The number of nitrogens with one attached hydrogen (secondary N) is 2. The Hall–Kier alpha value is -1.75. The first-order valence-electron chi connectivity index (χ1n) is 8.63. The molecule has 1 heterocycles. The third kappa shape index (κ3) is 5.37. The van der Waals surface area contributed by atoms with Crippen LogP contribution in [0.1, 0.15) is 35.7 Å². The van der Waals surface area contributed by atoms with E-state index in [9.17, 15) is 4.79 Å². The van der Waals surface area contributed by atoms with Gasteiger partial charge in [-0.3, -0.25) is 4.79 Å². The minimum atomic E-state index is -0.0890. The van der Waals surface area contributed by atoms with Crippen molar-refractivity contribution in [3.05, 3.63) is 64.7 Å². The van der Waals surface area contributed by atoms with Crippen LogP contribution in [0.2, 0.25) is 5.02 Å². The molecule has 6 heteroatoms. The van der Waals surface area contributed by atoms with E-state index >= 15 is 0 Å². The van der Waals surface area contributed by atoms with Crippen molar-refractivity contribution in [3.63, 3.8) is 0 Å². The molecule has 0 bridgehead atoms. The lowest BCUT2D eigenvalue weighted by molar-refractivity contribution is 0.0921. The van der Waals surface area contributed by atoms with Gasteiger partial charge in [0.25, 0.3) is 5.91 Å². The van der Waals surface area contributed by atoms with E-state index in [0.717, 1.165) is 24.9 Å². The Labute approximate surface area is 165 Å². The summed E-state index contributed by atoms with van der Waals surface area (Å²) in [6.07, 6.45) is 1.88. The fraction of sp³-hybridized carbons (Fsp3) is 0.350. The van der Waals surface area contributed by atoms with E-state index in [1.165, 1.54) is 0 Å². The lowest BCUT2D eigenvalue weighted by atomic mass is 10.00. The van der Waals surface area contributed by atoms with Gasteiger partial charge >= 0.3 is 0 Å². The molecule has 2 aromatic carbocycles. The Bertz CT molecular complexity index is 739. The normalized spacial score (nSPS) is 19.3. The van der Waals surface area contributed by atoms with Crippen LogP contribution in [-0.4, -0.2) is 24.5 Å². The van der Waals surface area contributed by atoms with Crippen LogP contribution < -0.4 is 15.4 Å². The molecule has 1 aliphatic rings. The summed E-state index contributed by atoms with van der Waals surface area (Å²) < 4.78 is 5.88. The summed E-state index contributed by atoms with van der Waals surface area (Å²) in [5.74, 6) is 0.482. The molecule has 0 saturated carbocycles. The number of carbonyl (C=O) groups excluding carboxylic acids is 1. The Morgan fingerprint density at radius 3 is 2.73 bits per heavy atom. The number of amides is 1. The molecule has 3 rings (SSSR count). The number of hydrogen-bond acceptors (Lipinski definition) is 3. The fourth-order valence-corrected chi connectivity index (χ4v) is 3.27. The Balaban J connectivity index is 0.00000243. The minimum absolute atomic E-state index is 0. The first-order chi connectivity index (χ1) is 12.1. The molecular formula is C20H24Cl2N2O2. The van der Waals surface area contributed by atoms with E-state index in [-0.39, 0.29) is 24.4 Å². The van der Waals surface area contributed by atoms with Gasteiger partial charge in [0.2, 0.25) is 0 Å². The van der Waals surface area contributed by atoms with Crippen LogP contribution in [0.4, 0.5) is 0 Å². The molecule has 0 spiro atoms. The zero-order valence-corrected chi connectivity index (χ0v) is 16.3. The van der Waals surface area contributed by atoms with Gasteiger partial charge in [-0.2, -0.15) is 0 Å². The third-order valence-electron chi connectivity index (χ3n) is 4.43. The zero-order valence-electron chi connectivity index (χ0n) is 14.7. The van der Waals surface area contributed by atoms with Gasteiger partial charge in [-0.1, -0.05) is 41.9 Å². The van der Waals surface area contributed by atoms with Crippen molar-refractivity contribution in [2.45, 2.75) is 38.5 Å². The number of rotatable bonds is 5. The SMILES string of the molecule is CC1CC(NC(=O)c2ccccc2OCc2ccccc2Cl)CCN1.Cl. The number of ether oxygens (including phenoxy) is 1. The summed E-state index contributed by atoms with van der Waals surface area (Å²) in [7, 11) is 0. The van der Waals surface area contributed by atoms with Crippen molar-refractivity contribution >= 4 is 29.9 Å². The molecule has 2 N–H and O–H groups in total. The Morgan fingerprint density at radius 2 is 1.96 bits per heavy atom. The number of hydrogen-bond donors (Lipinski definition) is 2. The third-order valence-corrected chi connectivity index (χ3v) is 4.80. The van der Waals surface area contributed by atoms with Gasteiger partial charge in [-0.25, -0.2) is 0 Å². The second kappa shape index (κ2) is 9.81. The molecule has 0 aliphatic carbocycles. The topological polar surface area (TPSA) is 50.4 Å². The second-order valence-electron chi connectivity index (χ2n) is 6.43. The predicted molar refractivity (Wildman–Crippen MR) is 107 cm³/mol. The van der Waals surface area contributed by atoms with Crippen LogP contribution in [-0.2, 0) is 6.61 Å². The highest BCUT2D eigenvalue weighted by Crippen LogP contribution is 2.22. The maximum absolute atomic E-state index is 12.7. The molecule has 140 valence electrons. The van der Waals surface area contributed by atoms with E-state index in [2.05, 4.69) is 17.6 Å². The molecule has 2 unspecified atom stereocenters. The summed E-state index contributed by atoms with van der Waals surface area (Å²) in [5.41, 5.74) is 1.45. The highest BCUT2D eigenvalue weighted by atomic mass is 35.5. The van der Waals surface area contributed by atoms with Crippen molar-refractivity contribution < 1.29 is 9.53 Å². The predicted octanol–water partition coefficient (Wildman–Crippen LogP) is 4.21. The first-order valence-corrected chi connectivity index (χ1v) is 9.01. The molecule has 0 aromatic heterocycles. The van der Waals surface area contributed by atoms with Gasteiger partial charge in [0.15, 0.2) is 0 Å². The van der Waals surface area contributed by atoms with Crippen molar-refractivity contribution in [1.82, 2.24) is 10.6 Å². The summed E-state index contributed by atoms with van der Waals surface area (Å²) in [5, 5.41) is 7.18. The maximum Gasteiger partial charge on any atom is 0.255 e. The van der Waals surface area contributed by atoms with Crippen molar-refractivity contribution in [1.29, 1.82) is 0 Å². The second-order valence-corrected chi connectivity index (χ2v) is 6.83. The molecular weight excluding hydrogens is 371 g/mol. The lowest BCUT2D eigenvalue weighted by Crippen LogP contribution is -2.46. The molecule has 1 aliphatic heterocycles. The van der Waals surface area contributed by atoms with E-state index in [4.69, 9.17) is 16.3 Å². The molecule has 2 atom stereocenters. The van der Waals surface area contributed by atoms with E-state index in [1.807, 2.05) is 42.5 Å². The molecule has 1 fully saturated rings. The number of carbonyl (C=O) groups is 1. The molecule has 4 nitrogen and oxygen atoms in total. The molecule has 0 radical (unpaired) electrons. The van der Waals surface area contributed by atoms with Crippen LogP contribution in [0.15, 0.2) is 48.5 Å². The van der Waals surface area contributed by atoms with Gasteiger partial charge in [-0.15, -0.1) is 12.4 Å². The lowest BCUT2D eigenvalue weighted by Gasteiger charge is -2.28. The summed E-state index contributed by atoms with van der Waals surface area (Å²) >= 11 is 6.17. The largest absolute Gasteiger partial charge is 0.488 e. The van der Waals surface area contributed by atoms with Gasteiger partial charge in [-0.05, 0) is 44.5 Å². The summed E-state index contributed by atoms with van der Waals surface area (Å²) in [6.45, 7) is 3.39. The highest BCUT2D eigenvalue weighted by molar-refractivity contribution is 6.31.